The lowest BCUT2D eigenvalue weighted by Crippen LogP contribution is -2.49. The van der Waals surface area contributed by atoms with Crippen molar-refractivity contribution in [3.05, 3.63) is 48.3 Å². The molecule has 148 valence electrons. The molecule has 0 spiro atoms. The lowest BCUT2D eigenvalue weighted by molar-refractivity contribution is 0.0741. The number of anilines is 2. The van der Waals surface area contributed by atoms with Gasteiger partial charge >= 0.3 is 0 Å². The fourth-order valence-corrected chi connectivity index (χ4v) is 4.03. The van der Waals surface area contributed by atoms with Gasteiger partial charge in [-0.15, -0.1) is 0 Å². The minimum absolute atomic E-state index is 0.0156. The van der Waals surface area contributed by atoms with Gasteiger partial charge in [0.05, 0.1) is 19.0 Å². The van der Waals surface area contributed by atoms with Crippen molar-refractivity contribution in [1.29, 1.82) is 0 Å². The van der Waals surface area contributed by atoms with E-state index in [4.69, 9.17) is 4.74 Å². The highest BCUT2D eigenvalue weighted by Gasteiger charge is 2.23. The number of hydrogen-bond donors (Lipinski definition) is 1. The average molecular weight is 380 g/mol. The Morgan fingerprint density at radius 1 is 1.04 bits per heavy atom. The number of aromatic nitrogens is 1. The van der Waals surface area contributed by atoms with Crippen molar-refractivity contribution in [1.82, 2.24) is 9.88 Å². The summed E-state index contributed by atoms with van der Waals surface area (Å²) in [5.41, 5.74) is 2.69. The summed E-state index contributed by atoms with van der Waals surface area (Å²) in [5, 5.41) is 3.52. The number of rotatable bonds is 5. The van der Waals surface area contributed by atoms with Crippen LogP contribution in [0.25, 0.3) is 0 Å². The summed E-state index contributed by atoms with van der Waals surface area (Å²) in [7, 11) is 1.67. The second kappa shape index (κ2) is 8.50. The molecule has 0 radical (unpaired) electrons. The number of amides is 1. The third-order valence-electron chi connectivity index (χ3n) is 5.71. The van der Waals surface area contributed by atoms with E-state index in [1.165, 1.54) is 25.7 Å². The van der Waals surface area contributed by atoms with E-state index in [1.807, 2.05) is 29.2 Å². The molecule has 6 nitrogen and oxygen atoms in total. The molecule has 1 aromatic heterocycles. The van der Waals surface area contributed by atoms with Gasteiger partial charge < -0.3 is 19.9 Å². The maximum atomic E-state index is 12.8. The molecule has 1 saturated carbocycles. The molecule has 0 atom stereocenters. The zero-order valence-electron chi connectivity index (χ0n) is 16.4. The van der Waals surface area contributed by atoms with E-state index in [1.54, 1.807) is 13.3 Å². The first-order chi connectivity index (χ1) is 13.7. The number of hydrogen-bond acceptors (Lipinski definition) is 5. The van der Waals surface area contributed by atoms with Crippen LogP contribution in [-0.4, -0.2) is 55.1 Å². The Morgan fingerprint density at radius 2 is 1.75 bits per heavy atom. The number of benzene rings is 1. The van der Waals surface area contributed by atoms with Gasteiger partial charge in [0.1, 0.15) is 11.4 Å². The van der Waals surface area contributed by atoms with E-state index in [0.29, 0.717) is 24.8 Å². The smallest absolute Gasteiger partial charge is 0.272 e. The standard InChI is InChI=1S/C22H28N4O2/c1-28-20-9-7-19(8-10-20)25-12-14-26(15-13-25)22(27)21-11-6-18(16-23-21)24-17-4-2-3-5-17/h6-11,16-17,24H,2-5,12-15H2,1H3. The third-order valence-corrected chi connectivity index (χ3v) is 5.71. The predicted molar refractivity (Wildman–Crippen MR) is 111 cm³/mol. The average Bonchev–Trinajstić information content (AvgIpc) is 3.27. The van der Waals surface area contributed by atoms with Gasteiger partial charge in [0.15, 0.2) is 0 Å². The lowest BCUT2D eigenvalue weighted by atomic mass is 10.2. The molecule has 2 aliphatic rings. The highest BCUT2D eigenvalue weighted by molar-refractivity contribution is 5.92. The molecule has 28 heavy (non-hydrogen) atoms. The van der Waals surface area contributed by atoms with E-state index in [9.17, 15) is 4.79 Å². The minimum atomic E-state index is 0.0156. The highest BCUT2D eigenvalue weighted by Crippen LogP contribution is 2.23. The molecule has 1 N–H and O–H groups in total. The topological polar surface area (TPSA) is 57.7 Å². The molecule has 2 aromatic rings. The van der Waals surface area contributed by atoms with Crippen molar-refractivity contribution < 1.29 is 9.53 Å². The number of piperazine rings is 1. The predicted octanol–water partition coefficient (Wildman–Crippen LogP) is 3.41. The second-order valence-electron chi connectivity index (χ2n) is 7.54. The Hall–Kier alpha value is -2.76. The number of nitrogens with one attached hydrogen (secondary N) is 1. The van der Waals surface area contributed by atoms with Gasteiger partial charge in [0.2, 0.25) is 0 Å². The summed E-state index contributed by atoms with van der Waals surface area (Å²) >= 11 is 0. The van der Waals surface area contributed by atoms with Crippen molar-refractivity contribution in [2.45, 2.75) is 31.7 Å². The zero-order chi connectivity index (χ0) is 19.3. The van der Waals surface area contributed by atoms with Crippen LogP contribution in [0, 0.1) is 0 Å². The maximum absolute atomic E-state index is 12.8. The number of ether oxygens (including phenoxy) is 1. The SMILES string of the molecule is COc1ccc(N2CCN(C(=O)c3ccc(NC4CCCC4)cn3)CC2)cc1. The summed E-state index contributed by atoms with van der Waals surface area (Å²) in [6.07, 6.45) is 6.83. The van der Waals surface area contributed by atoms with Gasteiger partial charge in [0, 0.05) is 37.9 Å². The first-order valence-corrected chi connectivity index (χ1v) is 10.1. The van der Waals surface area contributed by atoms with Gasteiger partial charge in [-0.25, -0.2) is 4.98 Å². The quantitative estimate of drug-likeness (QED) is 0.861. The molecule has 1 aromatic carbocycles. The Labute approximate surface area is 166 Å². The van der Waals surface area contributed by atoms with Crippen LogP contribution in [0.2, 0.25) is 0 Å². The van der Waals surface area contributed by atoms with Crippen LogP contribution in [0.4, 0.5) is 11.4 Å². The van der Waals surface area contributed by atoms with Crippen LogP contribution in [0.5, 0.6) is 5.75 Å². The van der Waals surface area contributed by atoms with Gasteiger partial charge in [0.25, 0.3) is 5.91 Å². The number of methoxy groups -OCH3 is 1. The first-order valence-electron chi connectivity index (χ1n) is 10.1. The van der Waals surface area contributed by atoms with Gasteiger partial charge in [-0.2, -0.15) is 0 Å². The Balaban J connectivity index is 1.31. The van der Waals surface area contributed by atoms with Crippen LogP contribution in [-0.2, 0) is 0 Å². The molecular formula is C22H28N4O2. The molecule has 4 rings (SSSR count). The van der Waals surface area contributed by atoms with Gasteiger partial charge in [-0.3, -0.25) is 4.79 Å². The van der Waals surface area contributed by atoms with E-state index >= 15 is 0 Å². The molecule has 0 bridgehead atoms. The molecular weight excluding hydrogens is 352 g/mol. The fourth-order valence-electron chi connectivity index (χ4n) is 4.03. The van der Waals surface area contributed by atoms with Crippen LogP contribution >= 0.6 is 0 Å². The third kappa shape index (κ3) is 4.21. The first kappa shape index (κ1) is 18.6. The second-order valence-corrected chi connectivity index (χ2v) is 7.54. The summed E-state index contributed by atoms with van der Waals surface area (Å²) in [5.74, 6) is 0.872. The molecule has 1 aliphatic heterocycles. The summed E-state index contributed by atoms with van der Waals surface area (Å²) in [6.45, 7) is 3.04. The van der Waals surface area contributed by atoms with Crippen LogP contribution in [0.1, 0.15) is 36.2 Å². The Morgan fingerprint density at radius 3 is 2.36 bits per heavy atom. The number of pyridine rings is 1. The monoisotopic (exact) mass is 380 g/mol. The highest BCUT2D eigenvalue weighted by atomic mass is 16.5. The fraction of sp³-hybridized carbons (Fsp3) is 0.455. The van der Waals surface area contributed by atoms with Gasteiger partial charge in [-0.05, 0) is 49.2 Å². The maximum Gasteiger partial charge on any atom is 0.272 e. The summed E-state index contributed by atoms with van der Waals surface area (Å²) in [6, 6.07) is 12.4. The molecule has 2 fully saturated rings. The molecule has 1 amide bonds. The Kier molecular flexibility index (Phi) is 5.65. The van der Waals surface area contributed by atoms with Crippen molar-refractivity contribution in [3.63, 3.8) is 0 Å². The Bertz CT molecular complexity index is 777. The largest absolute Gasteiger partial charge is 0.497 e. The van der Waals surface area contributed by atoms with E-state index in [0.717, 1.165) is 30.2 Å². The van der Waals surface area contributed by atoms with Crippen molar-refractivity contribution in [3.8, 4) is 5.75 Å². The van der Waals surface area contributed by atoms with Crippen molar-refractivity contribution >= 4 is 17.3 Å². The summed E-state index contributed by atoms with van der Waals surface area (Å²) in [4.78, 5) is 21.4. The molecule has 0 unspecified atom stereocenters. The molecule has 1 saturated heterocycles. The van der Waals surface area contributed by atoms with Crippen LogP contribution < -0.4 is 15.0 Å². The lowest BCUT2D eigenvalue weighted by Gasteiger charge is -2.36. The van der Waals surface area contributed by atoms with E-state index in [2.05, 4.69) is 27.3 Å². The minimum Gasteiger partial charge on any atom is -0.497 e. The number of carbonyl (C=O) groups is 1. The molecule has 2 heterocycles. The van der Waals surface area contributed by atoms with Crippen molar-refractivity contribution in [2.75, 3.05) is 43.5 Å². The normalized spacial score (nSPS) is 17.6. The zero-order valence-corrected chi connectivity index (χ0v) is 16.4. The van der Waals surface area contributed by atoms with Crippen LogP contribution in [0.3, 0.4) is 0 Å². The van der Waals surface area contributed by atoms with Gasteiger partial charge in [-0.1, -0.05) is 12.8 Å². The number of carbonyl (C=O) groups excluding carboxylic acids is 1. The van der Waals surface area contributed by atoms with Crippen LogP contribution in [0.15, 0.2) is 42.6 Å². The summed E-state index contributed by atoms with van der Waals surface area (Å²) < 4.78 is 5.22. The van der Waals surface area contributed by atoms with Crippen molar-refractivity contribution in [2.24, 2.45) is 0 Å². The van der Waals surface area contributed by atoms with E-state index in [-0.39, 0.29) is 5.91 Å². The molecule has 6 heteroatoms. The number of nitrogens with zero attached hydrogens (tertiary/aromatic N) is 3. The molecule has 1 aliphatic carbocycles. The van der Waals surface area contributed by atoms with E-state index < -0.39 is 0 Å².